The summed E-state index contributed by atoms with van der Waals surface area (Å²) < 4.78 is 42.9. The molecule has 1 atom stereocenters. The maximum atomic E-state index is 14.3. The summed E-state index contributed by atoms with van der Waals surface area (Å²) in [5, 5.41) is 9.30. The average molecular weight is 575 g/mol. The van der Waals surface area contributed by atoms with Crippen molar-refractivity contribution in [1.29, 1.82) is 5.26 Å². The first-order chi connectivity index (χ1) is 20.2. The van der Waals surface area contributed by atoms with Crippen LogP contribution >= 0.6 is 0 Å². The predicted octanol–water partition coefficient (Wildman–Crippen LogP) is 4.81. The lowest BCUT2D eigenvalue weighted by atomic mass is 9.83. The Hall–Kier alpha value is -4.92. The summed E-state index contributed by atoms with van der Waals surface area (Å²) in [5.41, 5.74) is 1.37. The third kappa shape index (κ3) is 4.81. The van der Waals surface area contributed by atoms with Crippen LogP contribution < -0.4 is 4.90 Å². The molecule has 0 N–H and O–H groups in total. The monoisotopic (exact) mass is 574 g/mol. The van der Waals surface area contributed by atoms with E-state index in [1.807, 2.05) is 10.6 Å². The number of amides is 3. The van der Waals surface area contributed by atoms with E-state index >= 15 is 0 Å². The predicted molar refractivity (Wildman–Crippen MR) is 143 cm³/mol. The Morgan fingerprint density at radius 3 is 2.60 bits per heavy atom. The zero-order chi connectivity index (χ0) is 29.6. The van der Waals surface area contributed by atoms with Crippen molar-refractivity contribution in [1.82, 2.24) is 19.4 Å². The maximum Gasteiger partial charge on any atom is 0.416 e. The minimum Gasteiger partial charge on any atom is -0.333 e. The standard InChI is InChI=1S/C30H25F3N6O3/c31-30(32,33)21-3-1-4-22(13-21)39-24-5-2-6-25(40)27(24)28(20-9-7-19(14-34)8-10-20)38(29(39)42)17-26(41)36-11-12-37-18-35-15-23(37)16-36/h1,3-4,7-10,13,15,18,28H,2,5-6,11-12,16-17H2. The zero-order valence-corrected chi connectivity index (χ0v) is 22.3. The summed E-state index contributed by atoms with van der Waals surface area (Å²) in [6.07, 6.45) is -0.362. The quantitative estimate of drug-likeness (QED) is 0.445. The molecule has 0 bridgehead atoms. The summed E-state index contributed by atoms with van der Waals surface area (Å²) in [4.78, 5) is 49.7. The highest BCUT2D eigenvalue weighted by Gasteiger charge is 2.46. The molecule has 0 spiro atoms. The molecule has 6 rings (SSSR count). The number of rotatable bonds is 4. The van der Waals surface area contributed by atoms with E-state index in [1.54, 1.807) is 41.7 Å². The van der Waals surface area contributed by atoms with Crippen LogP contribution in [0.2, 0.25) is 0 Å². The molecule has 3 aliphatic rings. The highest BCUT2D eigenvalue weighted by molar-refractivity contribution is 6.07. The lowest BCUT2D eigenvalue weighted by Gasteiger charge is -2.45. The number of hydrogen-bond donors (Lipinski definition) is 0. The molecular weight excluding hydrogens is 549 g/mol. The second-order valence-corrected chi connectivity index (χ2v) is 10.5. The summed E-state index contributed by atoms with van der Waals surface area (Å²) in [6, 6.07) is 11.2. The lowest BCUT2D eigenvalue weighted by molar-refractivity contribution is -0.137. The van der Waals surface area contributed by atoms with E-state index in [4.69, 9.17) is 0 Å². The number of alkyl halides is 3. The molecule has 214 valence electrons. The average Bonchev–Trinajstić information content (AvgIpc) is 3.46. The van der Waals surface area contributed by atoms with Gasteiger partial charge in [0.2, 0.25) is 5.91 Å². The van der Waals surface area contributed by atoms with Crippen molar-refractivity contribution < 1.29 is 27.6 Å². The van der Waals surface area contributed by atoms with Crippen molar-refractivity contribution in [2.75, 3.05) is 18.0 Å². The van der Waals surface area contributed by atoms with Crippen LogP contribution in [-0.2, 0) is 28.9 Å². The molecule has 2 aliphatic heterocycles. The van der Waals surface area contributed by atoms with E-state index < -0.39 is 30.4 Å². The Balaban J connectivity index is 1.46. The largest absolute Gasteiger partial charge is 0.416 e. The first kappa shape index (κ1) is 27.3. The number of fused-ring (bicyclic) bond motifs is 1. The van der Waals surface area contributed by atoms with E-state index in [-0.39, 0.29) is 35.9 Å². The number of benzene rings is 2. The van der Waals surface area contributed by atoms with Gasteiger partial charge in [0.1, 0.15) is 6.54 Å². The first-order valence-corrected chi connectivity index (χ1v) is 13.5. The van der Waals surface area contributed by atoms with Gasteiger partial charge in [-0.3, -0.25) is 14.5 Å². The number of allylic oxidation sites excluding steroid dienone is 1. The minimum absolute atomic E-state index is 0.0328. The molecule has 3 aromatic rings. The first-order valence-electron chi connectivity index (χ1n) is 13.5. The SMILES string of the molecule is N#Cc1ccc(C2C3=C(CCCC3=O)N(c3cccc(C(F)(F)F)c3)C(=O)N2CC(=O)N2CCn3cncc3C2)cc1. The maximum absolute atomic E-state index is 14.3. The van der Waals surface area contributed by atoms with Crippen LogP contribution in [0.1, 0.15) is 47.7 Å². The van der Waals surface area contributed by atoms with Gasteiger partial charge in [0.25, 0.3) is 0 Å². The van der Waals surface area contributed by atoms with Crippen molar-refractivity contribution >= 4 is 23.4 Å². The Bertz CT molecular complexity index is 1650. The topological polar surface area (TPSA) is 103 Å². The molecule has 12 heteroatoms. The van der Waals surface area contributed by atoms with Crippen molar-refractivity contribution in [3.8, 4) is 6.07 Å². The smallest absolute Gasteiger partial charge is 0.333 e. The second-order valence-electron chi connectivity index (χ2n) is 10.5. The highest BCUT2D eigenvalue weighted by Crippen LogP contribution is 2.44. The Morgan fingerprint density at radius 2 is 1.86 bits per heavy atom. The summed E-state index contributed by atoms with van der Waals surface area (Å²) in [6.45, 7) is 0.790. The number of aromatic nitrogens is 2. The van der Waals surface area contributed by atoms with E-state index in [2.05, 4.69) is 4.98 Å². The Morgan fingerprint density at radius 1 is 1.07 bits per heavy atom. The fourth-order valence-electron chi connectivity index (χ4n) is 5.88. The molecule has 3 amide bonds. The van der Waals surface area contributed by atoms with Crippen molar-refractivity contribution in [2.24, 2.45) is 0 Å². The van der Waals surface area contributed by atoms with Crippen LogP contribution in [0.25, 0.3) is 0 Å². The van der Waals surface area contributed by atoms with Crippen molar-refractivity contribution in [2.45, 2.75) is 44.6 Å². The van der Waals surface area contributed by atoms with Gasteiger partial charge in [0.05, 0.1) is 47.5 Å². The van der Waals surface area contributed by atoms with Crippen LogP contribution in [-0.4, -0.2) is 50.2 Å². The number of urea groups is 1. The number of nitrogens with zero attached hydrogens (tertiary/aromatic N) is 6. The van der Waals surface area contributed by atoms with Gasteiger partial charge in [-0.15, -0.1) is 0 Å². The molecule has 3 heterocycles. The normalized spacial score (nSPS) is 19.0. The van der Waals surface area contributed by atoms with Crippen LogP contribution in [0.3, 0.4) is 0 Å². The zero-order valence-electron chi connectivity index (χ0n) is 22.3. The number of halogens is 3. The number of ketones is 1. The number of hydrogen-bond acceptors (Lipinski definition) is 5. The third-order valence-corrected chi connectivity index (χ3v) is 7.93. The molecule has 2 aromatic carbocycles. The fourth-order valence-corrected chi connectivity index (χ4v) is 5.88. The third-order valence-electron chi connectivity index (χ3n) is 7.93. The molecular formula is C30H25F3N6O3. The summed E-state index contributed by atoms with van der Waals surface area (Å²) in [5.74, 6) is -0.611. The number of anilines is 1. The van der Waals surface area contributed by atoms with Gasteiger partial charge in [0, 0.05) is 37.0 Å². The molecule has 42 heavy (non-hydrogen) atoms. The van der Waals surface area contributed by atoms with Gasteiger partial charge < -0.3 is 14.4 Å². The number of Topliss-reactive ketones (excluding diaryl/α,β-unsaturated/α-hetero) is 1. The van der Waals surface area contributed by atoms with Gasteiger partial charge in [0.15, 0.2) is 5.78 Å². The summed E-state index contributed by atoms with van der Waals surface area (Å²) >= 11 is 0. The van der Waals surface area contributed by atoms with E-state index in [0.717, 1.165) is 22.7 Å². The Kier molecular flexibility index (Phi) is 6.80. The van der Waals surface area contributed by atoms with Crippen LogP contribution in [0, 0.1) is 11.3 Å². The molecule has 0 saturated heterocycles. The molecule has 9 nitrogen and oxygen atoms in total. The van der Waals surface area contributed by atoms with Gasteiger partial charge in [-0.2, -0.15) is 18.4 Å². The van der Waals surface area contributed by atoms with Crippen LogP contribution in [0.4, 0.5) is 23.7 Å². The number of carbonyl (C=O) groups excluding carboxylic acids is 3. The van der Waals surface area contributed by atoms with Crippen LogP contribution in [0.5, 0.6) is 0 Å². The highest BCUT2D eigenvalue weighted by atomic mass is 19.4. The lowest BCUT2D eigenvalue weighted by Crippen LogP contribution is -2.55. The van der Waals surface area contributed by atoms with Gasteiger partial charge in [-0.1, -0.05) is 18.2 Å². The van der Waals surface area contributed by atoms with E-state index in [0.29, 0.717) is 42.8 Å². The van der Waals surface area contributed by atoms with Gasteiger partial charge in [-0.05, 0) is 48.7 Å². The summed E-state index contributed by atoms with van der Waals surface area (Å²) in [7, 11) is 0. The fraction of sp³-hybridized carbons (Fsp3) is 0.300. The van der Waals surface area contributed by atoms with E-state index in [9.17, 15) is 32.8 Å². The van der Waals surface area contributed by atoms with Gasteiger partial charge in [-0.25, -0.2) is 9.78 Å². The van der Waals surface area contributed by atoms with Crippen molar-refractivity contribution in [3.05, 3.63) is 94.7 Å². The molecule has 1 aromatic heterocycles. The number of nitriles is 1. The second kappa shape index (κ2) is 10.5. The number of carbonyl (C=O) groups is 3. The molecule has 0 fully saturated rings. The molecule has 1 aliphatic carbocycles. The van der Waals surface area contributed by atoms with Crippen LogP contribution in [0.15, 0.2) is 72.3 Å². The number of imidazole rings is 1. The van der Waals surface area contributed by atoms with Crippen molar-refractivity contribution in [3.63, 3.8) is 0 Å². The Labute approximate surface area is 239 Å². The van der Waals surface area contributed by atoms with Gasteiger partial charge >= 0.3 is 12.2 Å². The molecule has 1 unspecified atom stereocenters. The minimum atomic E-state index is -4.64. The molecule has 0 radical (unpaired) electrons. The molecule has 0 saturated carbocycles. The van der Waals surface area contributed by atoms with E-state index in [1.165, 1.54) is 17.0 Å².